The number of ether oxygens (including phenoxy) is 5. The largest absolute Gasteiger partial charge is 0.390 e. The third-order valence-corrected chi connectivity index (χ3v) is 7.41. The molecule has 0 saturated carbocycles. The Morgan fingerprint density at radius 3 is 2.13 bits per heavy atom. The van der Waals surface area contributed by atoms with Gasteiger partial charge in [-0.15, -0.1) is 0 Å². The molecule has 2 rings (SSSR count). The number of nitrogens with one attached hydrogen (secondary N) is 5. The summed E-state index contributed by atoms with van der Waals surface area (Å²) in [6, 6.07) is -1.84. The molecule has 4 amide bonds. The molecule has 7 N–H and O–H groups in total. The van der Waals surface area contributed by atoms with Gasteiger partial charge in [0, 0.05) is 19.0 Å². The van der Waals surface area contributed by atoms with Gasteiger partial charge in [-0.2, -0.15) is 0 Å². The highest BCUT2D eigenvalue weighted by Crippen LogP contribution is 2.29. The molecule has 6 unspecified atom stereocenters. The quantitative estimate of drug-likeness (QED) is 0.0744. The number of hydrogen-bond donors (Lipinski definition) is 7. The van der Waals surface area contributed by atoms with Gasteiger partial charge in [-0.3, -0.25) is 19.2 Å². The molecule has 2 saturated heterocycles. The van der Waals surface area contributed by atoms with Crippen molar-refractivity contribution in [1.82, 2.24) is 26.6 Å². The van der Waals surface area contributed by atoms with E-state index in [1.807, 2.05) is 20.8 Å². The molecular weight excluding hydrogens is 606 g/mol. The summed E-state index contributed by atoms with van der Waals surface area (Å²) >= 11 is 0. The van der Waals surface area contributed by atoms with Crippen LogP contribution in [-0.4, -0.2) is 141 Å². The van der Waals surface area contributed by atoms with Crippen molar-refractivity contribution in [3.8, 4) is 0 Å². The highest BCUT2D eigenvalue weighted by atomic mass is 16.7. The van der Waals surface area contributed by atoms with E-state index in [-0.39, 0.29) is 76.5 Å². The van der Waals surface area contributed by atoms with Crippen molar-refractivity contribution in [2.24, 2.45) is 5.92 Å². The molecule has 8 atom stereocenters. The van der Waals surface area contributed by atoms with E-state index < -0.39 is 54.1 Å². The van der Waals surface area contributed by atoms with Crippen molar-refractivity contribution >= 4 is 23.6 Å². The van der Waals surface area contributed by atoms with Crippen LogP contribution in [0.1, 0.15) is 54.4 Å². The van der Waals surface area contributed by atoms with E-state index in [0.29, 0.717) is 0 Å². The van der Waals surface area contributed by atoms with Crippen LogP contribution < -0.4 is 26.6 Å². The van der Waals surface area contributed by atoms with Crippen LogP contribution in [0.5, 0.6) is 0 Å². The molecule has 0 radical (unpaired) electrons. The zero-order valence-electron chi connectivity index (χ0n) is 28.0. The molecule has 2 aliphatic heterocycles. The minimum atomic E-state index is -1.19. The molecule has 0 bridgehead atoms. The normalized spacial score (nSPS) is 26.2. The summed E-state index contributed by atoms with van der Waals surface area (Å²) in [5.74, 6) is -1.81. The Balaban J connectivity index is 1.46. The van der Waals surface area contributed by atoms with Crippen molar-refractivity contribution in [1.29, 1.82) is 0 Å². The molecule has 0 aromatic rings. The maximum Gasteiger partial charge on any atom is 0.246 e. The van der Waals surface area contributed by atoms with Crippen LogP contribution in [0.15, 0.2) is 0 Å². The van der Waals surface area contributed by atoms with Gasteiger partial charge in [0.2, 0.25) is 23.6 Å². The summed E-state index contributed by atoms with van der Waals surface area (Å²) < 4.78 is 27.8. The van der Waals surface area contributed by atoms with Crippen molar-refractivity contribution < 1.29 is 53.1 Å². The molecule has 2 fully saturated rings. The van der Waals surface area contributed by atoms with Gasteiger partial charge in [-0.05, 0) is 54.0 Å². The van der Waals surface area contributed by atoms with Crippen molar-refractivity contribution in [2.75, 3.05) is 59.3 Å². The molecule has 266 valence electrons. The molecule has 16 heteroatoms. The molecule has 0 aromatic carbocycles. The first kappa shape index (κ1) is 39.7. The summed E-state index contributed by atoms with van der Waals surface area (Å²) in [4.78, 5) is 48.8. The molecule has 16 nitrogen and oxygen atoms in total. The number of carbonyl (C=O) groups is 4. The lowest BCUT2D eigenvalue weighted by molar-refractivity contribution is -0.311. The SMILES string of the molecule is CC(NC(=O)C(C)NC(=O)C1CCCN1)C(=O)NCCOCCOCCNC(=O)COCC1O[C@@H](OC(C)(C)C)C(O)C(O)[C@@H]1C. The first-order chi connectivity index (χ1) is 21.7. The summed E-state index contributed by atoms with van der Waals surface area (Å²) in [6.45, 7) is 12.5. The second-order valence-electron chi connectivity index (χ2n) is 12.6. The topological polar surface area (TPSA) is 215 Å². The Morgan fingerprint density at radius 2 is 1.52 bits per heavy atom. The third kappa shape index (κ3) is 14.5. The molecule has 0 aliphatic carbocycles. The number of hydrogen-bond acceptors (Lipinski definition) is 12. The summed E-state index contributed by atoms with van der Waals surface area (Å²) in [5.41, 5.74) is -0.585. The Labute approximate surface area is 271 Å². The van der Waals surface area contributed by atoms with Gasteiger partial charge >= 0.3 is 0 Å². The molecule has 46 heavy (non-hydrogen) atoms. The zero-order valence-corrected chi connectivity index (χ0v) is 28.0. The van der Waals surface area contributed by atoms with Crippen LogP contribution in [0.4, 0.5) is 0 Å². The minimum absolute atomic E-state index is 0.0432. The Hall–Kier alpha value is -2.44. The minimum Gasteiger partial charge on any atom is -0.390 e. The van der Waals surface area contributed by atoms with Gasteiger partial charge < -0.3 is 60.5 Å². The maximum atomic E-state index is 12.3. The van der Waals surface area contributed by atoms with Gasteiger partial charge in [0.1, 0.15) is 24.8 Å². The molecule has 0 spiro atoms. The highest BCUT2D eigenvalue weighted by Gasteiger charge is 2.44. The Bertz CT molecular complexity index is 960. The van der Waals surface area contributed by atoms with Crippen LogP contribution in [0.3, 0.4) is 0 Å². The second-order valence-corrected chi connectivity index (χ2v) is 12.6. The van der Waals surface area contributed by atoms with E-state index in [1.54, 1.807) is 20.8 Å². The summed E-state index contributed by atoms with van der Waals surface area (Å²) in [7, 11) is 0. The van der Waals surface area contributed by atoms with Crippen LogP contribution in [-0.2, 0) is 42.9 Å². The summed E-state index contributed by atoms with van der Waals surface area (Å²) in [6.07, 6.45) is -2.16. The number of rotatable bonds is 19. The van der Waals surface area contributed by atoms with Gasteiger partial charge in [-0.1, -0.05) is 6.92 Å². The molecule has 2 aliphatic rings. The average molecular weight is 662 g/mol. The van der Waals surface area contributed by atoms with Gasteiger partial charge in [-0.25, -0.2) is 0 Å². The lowest BCUT2D eigenvalue weighted by Crippen LogP contribution is -2.57. The van der Waals surface area contributed by atoms with E-state index in [4.69, 9.17) is 23.7 Å². The molecule has 0 aromatic heterocycles. The number of aliphatic hydroxyl groups is 2. The van der Waals surface area contributed by atoms with E-state index in [1.165, 1.54) is 0 Å². The average Bonchev–Trinajstić information content (AvgIpc) is 3.54. The van der Waals surface area contributed by atoms with E-state index in [2.05, 4.69) is 26.6 Å². The number of amides is 4. The van der Waals surface area contributed by atoms with Crippen molar-refractivity contribution in [3.05, 3.63) is 0 Å². The van der Waals surface area contributed by atoms with E-state index >= 15 is 0 Å². The summed E-state index contributed by atoms with van der Waals surface area (Å²) in [5, 5.41) is 34.3. The van der Waals surface area contributed by atoms with Crippen LogP contribution in [0.25, 0.3) is 0 Å². The van der Waals surface area contributed by atoms with Crippen LogP contribution in [0, 0.1) is 5.92 Å². The maximum absolute atomic E-state index is 12.3. The first-order valence-corrected chi connectivity index (χ1v) is 16.0. The van der Waals surface area contributed by atoms with Gasteiger partial charge in [0.15, 0.2) is 6.29 Å². The lowest BCUT2D eigenvalue weighted by Gasteiger charge is -2.43. The highest BCUT2D eigenvalue weighted by molar-refractivity contribution is 5.92. The van der Waals surface area contributed by atoms with E-state index in [9.17, 15) is 29.4 Å². The first-order valence-electron chi connectivity index (χ1n) is 16.0. The lowest BCUT2D eigenvalue weighted by atomic mass is 9.91. The predicted octanol–water partition coefficient (Wildman–Crippen LogP) is -2.07. The van der Waals surface area contributed by atoms with Gasteiger partial charge in [0.25, 0.3) is 0 Å². The fourth-order valence-electron chi connectivity index (χ4n) is 4.70. The monoisotopic (exact) mass is 661 g/mol. The molecule has 2 heterocycles. The fourth-order valence-corrected chi connectivity index (χ4v) is 4.70. The van der Waals surface area contributed by atoms with Crippen LogP contribution >= 0.6 is 0 Å². The van der Waals surface area contributed by atoms with Crippen LogP contribution in [0.2, 0.25) is 0 Å². The third-order valence-electron chi connectivity index (χ3n) is 7.41. The van der Waals surface area contributed by atoms with Crippen molar-refractivity contribution in [2.45, 2.75) is 103 Å². The predicted molar refractivity (Wildman–Crippen MR) is 165 cm³/mol. The molecular formula is C30H55N5O11. The number of carbonyl (C=O) groups excluding carboxylic acids is 4. The Kier molecular flexibility index (Phi) is 17.3. The van der Waals surface area contributed by atoms with Gasteiger partial charge in [0.05, 0.1) is 56.9 Å². The zero-order chi connectivity index (χ0) is 34.3. The number of aliphatic hydroxyl groups excluding tert-OH is 2. The van der Waals surface area contributed by atoms with E-state index in [0.717, 1.165) is 19.4 Å². The smallest absolute Gasteiger partial charge is 0.246 e. The Morgan fingerprint density at radius 1 is 0.891 bits per heavy atom. The second kappa shape index (κ2) is 20.0. The fraction of sp³-hybridized carbons (Fsp3) is 0.867. The standard InChI is InChI=1S/C30H55N5O11/c1-18-22(45-29(25(38)24(18)37)46-30(4,5)6)16-44-17-23(36)32-10-12-42-14-15-43-13-11-33-26(39)19(2)34-27(40)20(3)35-28(41)21-8-7-9-31-21/h18-22,24-25,29,31,37-38H,7-17H2,1-6H3,(H,32,36)(H,33,39)(H,34,40)(H,35,41)/t18-,19?,20?,21?,22?,24?,25?,29+/m1/s1. The van der Waals surface area contributed by atoms with Crippen molar-refractivity contribution in [3.63, 3.8) is 0 Å².